The predicted molar refractivity (Wildman–Crippen MR) is 20.8 cm³/mol. The van der Waals surface area contributed by atoms with Crippen LogP contribution in [0.2, 0.25) is 0 Å². The number of rotatable bonds is 0. The fraction of sp³-hybridized carbons (Fsp3) is 0.500. The van der Waals surface area contributed by atoms with Gasteiger partial charge in [0, 0.05) is 20.4 Å². The smallest absolute Gasteiger partial charge is 0 e. The van der Waals surface area contributed by atoms with Crippen LogP contribution in [0.15, 0.2) is 0 Å². The fourth-order valence-electron chi connectivity index (χ4n) is 0. The van der Waals surface area contributed by atoms with Crippen molar-refractivity contribution in [3.8, 4) is 0 Å². The molecule has 0 fully saturated rings. The summed E-state index contributed by atoms with van der Waals surface area (Å²) < 4.78 is 0. The Bertz CT molecular complexity index is 14.4. The molecule has 0 heterocycles. The minimum atomic E-state index is 0. The Morgan fingerprint density at radius 1 is 1.80 bits per heavy atom. The molecule has 5 heavy (non-hydrogen) atoms. The van der Waals surface area contributed by atoms with E-state index >= 15 is 0 Å². The minimum absolute atomic E-state index is 0. The van der Waals surface area contributed by atoms with Gasteiger partial charge in [-0.15, -0.1) is 10.2 Å². The Balaban J connectivity index is 0. The molecule has 0 atom stereocenters. The summed E-state index contributed by atoms with van der Waals surface area (Å²) in [5.41, 5.74) is 0.556. The average Bonchev–Trinajstić information content (AvgIpc) is 0.811. The monoisotopic (exact) mass is 262 g/mol. The Hall–Kier alpha value is 0.839. The number of aliphatic hydroxyl groups excluding tert-OH is 1. The van der Waals surface area contributed by atoms with Gasteiger partial charge in [-0.25, -0.2) is 5.73 Å². The third-order valence-corrected chi connectivity index (χ3v) is 0. The third kappa shape index (κ3) is 55.4. The van der Waals surface area contributed by atoms with Crippen molar-refractivity contribution in [2.24, 2.45) is 0 Å². The first-order chi connectivity index (χ1) is 1.73. The molecule has 0 aromatic carbocycles. The van der Waals surface area contributed by atoms with E-state index in [-0.39, 0.29) is 20.4 Å². The molecule has 0 aromatic rings. The molecule has 0 aliphatic heterocycles. The van der Waals surface area contributed by atoms with Crippen LogP contribution in [-0.2, 0) is 20.4 Å². The molecule has 0 bridgehead atoms. The van der Waals surface area contributed by atoms with Crippen molar-refractivity contribution in [2.75, 3.05) is 0 Å². The van der Waals surface area contributed by atoms with Crippen molar-refractivity contribution in [1.82, 2.24) is 0 Å². The molecule has 0 unspecified atom stereocenters. The second-order valence-corrected chi connectivity index (χ2v) is 2.39. The van der Waals surface area contributed by atoms with E-state index in [1.54, 1.807) is 6.92 Å². The molecule has 1 radical (unpaired) electrons. The molecular formula is C2H7OReSi-. The second kappa shape index (κ2) is 4.84. The summed E-state index contributed by atoms with van der Waals surface area (Å²) in [6, 6.07) is 0. The first-order valence-electron chi connectivity index (χ1n) is 1.22. The van der Waals surface area contributed by atoms with Gasteiger partial charge in [0.2, 0.25) is 0 Å². The van der Waals surface area contributed by atoms with Crippen LogP contribution in [0.25, 0.3) is 0 Å². The van der Waals surface area contributed by atoms with Crippen molar-refractivity contribution >= 4 is 10.2 Å². The van der Waals surface area contributed by atoms with Gasteiger partial charge in [0.15, 0.2) is 0 Å². The molecule has 0 aromatic heterocycles. The summed E-state index contributed by atoms with van der Waals surface area (Å²) in [4.78, 5) is 0. The first-order valence-corrected chi connectivity index (χ1v) is 2.22. The van der Waals surface area contributed by atoms with Crippen molar-refractivity contribution < 1.29 is 25.5 Å². The van der Waals surface area contributed by atoms with Crippen molar-refractivity contribution in [3.63, 3.8) is 0 Å². The Kier molecular flexibility index (Phi) is 8.98. The summed E-state index contributed by atoms with van der Waals surface area (Å²) in [5, 5.41) is 8.03. The Labute approximate surface area is 48.8 Å². The van der Waals surface area contributed by atoms with E-state index in [1.807, 2.05) is 0 Å². The summed E-state index contributed by atoms with van der Waals surface area (Å²) in [5.74, 6) is 0. The molecule has 0 saturated heterocycles. The molecule has 0 spiro atoms. The maximum Gasteiger partial charge on any atom is 0 e. The van der Waals surface area contributed by atoms with Crippen LogP contribution < -0.4 is 0 Å². The van der Waals surface area contributed by atoms with E-state index in [0.29, 0.717) is 5.73 Å². The number of hydrogen-bond acceptors (Lipinski definition) is 1. The van der Waals surface area contributed by atoms with Gasteiger partial charge in [0.05, 0.1) is 0 Å². The third-order valence-electron chi connectivity index (χ3n) is 0. The Morgan fingerprint density at radius 3 is 1.80 bits per heavy atom. The van der Waals surface area contributed by atoms with Crippen molar-refractivity contribution in [3.05, 3.63) is 5.73 Å². The van der Waals surface area contributed by atoms with Crippen LogP contribution in [-0.4, -0.2) is 15.3 Å². The molecule has 3 heteroatoms. The van der Waals surface area contributed by atoms with Gasteiger partial charge in [-0.2, -0.15) is 6.92 Å². The zero-order valence-corrected chi connectivity index (χ0v) is 8.04. The summed E-state index contributed by atoms with van der Waals surface area (Å²) in [6.45, 7) is 1.70. The summed E-state index contributed by atoms with van der Waals surface area (Å²) in [6.07, 6.45) is 0. The molecule has 1 nitrogen and oxygen atoms in total. The minimum Gasteiger partial charge on any atom is -0.565 e. The second-order valence-electron chi connectivity index (χ2n) is 0.947. The molecule has 0 saturated carbocycles. The summed E-state index contributed by atoms with van der Waals surface area (Å²) >= 11 is 0. The maximum absolute atomic E-state index is 8.03. The van der Waals surface area contributed by atoms with Crippen LogP contribution in [0.4, 0.5) is 0 Å². The standard InChI is InChI=1S/C2H7OSi.Re/c1-2(3)4;/h3H,1,4H3;/q-1;. The van der Waals surface area contributed by atoms with Gasteiger partial charge in [0.25, 0.3) is 0 Å². The van der Waals surface area contributed by atoms with Crippen LogP contribution in [0.3, 0.4) is 0 Å². The first kappa shape index (κ1) is 9.28. The topological polar surface area (TPSA) is 20.2 Å². The molecule has 0 aliphatic carbocycles. The fourth-order valence-corrected chi connectivity index (χ4v) is 0. The quantitative estimate of drug-likeness (QED) is 0.448. The van der Waals surface area contributed by atoms with Gasteiger partial charge in [-0.05, 0) is 0 Å². The normalized spacial score (nSPS) is 7.80. The van der Waals surface area contributed by atoms with Crippen molar-refractivity contribution in [2.45, 2.75) is 6.92 Å². The van der Waals surface area contributed by atoms with Crippen molar-refractivity contribution in [1.29, 1.82) is 0 Å². The van der Waals surface area contributed by atoms with Crippen LogP contribution in [0.1, 0.15) is 6.92 Å². The van der Waals surface area contributed by atoms with Gasteiger partial charge in [-0.3, -0.25) is 0 Å². The zero-order chi connectivity index (χ0) is 3.58. The summed E-state index contributed by atoms with van der Waals surface area (Å²) in [7, 11) is 0.821. The molecule has 1 N–H and O–H groups in total. The van der Waals surface area contributed by atoms with Gasteiger partial charge < -0.3 is 5.11 Å². The number of hydrogen-bond donors (Lipinski definition) is 1. The van der Waals surface area contributed by atoms with E-state index in [1.165, 1.54) is 0 Å². The molecule has 0 rings (SSSR count). The number of aliphatic hydroxyl groups is 1. The van der Waals surface area contributed by atoms with Crippen LogP contribution >= 0.6 is 0 Å². The average molecular weight is 261 g/mol. The van der Waals surface area contributed by atoms with E-state index in [0.717, 1.165) is 10.2 Å². The maximum atomic E-state index is 8.03. The largest absolute Gasteiger partial charge is 0.565 e. The van der Waals surface area contributed by atoms with E-state index < -0.39 is 0 Å². The molecule has 33 valence electrons. The van der Waals surface area contributed by atoms with E-state index in [9.17, 15) is 0 Å². The van der Waals surface area contributed by atoms with E-state index in [4.69, 9.17) is 5.11 Å². The molecule has 0 amide bonds. The molecular weight excluding hydrogens is 254 g/mol. The Morgan fingerprint density at radius 2 is 1.80 bits per heavy atom. The van der Waals surface area contributed by atoms with Gasteiger partial charge in [-0.1, -0.05) is 0 Å². The molecule has 0 aliphatic rings. The predicted octanol–water partition coefficient (Wildman–Crippen LogP) is -0.769. The van der Waals surface area contributed by atoms with Gasteiger partial charge in [0.1, 0.15) is 0 Å². The SMILES string of the molecule is C[C-](O)[SiH3].[Re]. The van der Waals surface area contributed by atoms with Gasteiger partial charge >= 0.3 is 0 Å². The van der Waals surface area contributed by atoms with E-state index in [2.05, 4.69) is 0 Å². The van der Waals surface area contributed by atoms with Crippen LogP contribution in [0.5, 0.6) is 0 Å². The van der Waals surface area contributed by atoms with Crippen LogP contribution in [0, 0.1) is 5.73 Å². The zero-order valence-electron chi connectivity index (χ0n) is 3.33.